The van der Waals surface area contributed by atoms with Gasteiger partial charge < -0.3 is 23.8 Å². The average molecular weight is 669 g/mol. The van der Waals surface area contributed by atoms with Crippen molar-refractivity contribution in [1.29, 1.82) is 0 Å². The fourth-order valence-electron chi connectivity index (χ4n) is 6.46. The summed E-state index contributed by atoms with van der Waals surface area (Å²) < 4.78 is 53.6. The molecule has 0 aliphatic carbocycles. The molecule has 0 N–H and O–H groups in total. The van der Waals surface area contributed by atoms with Gasteiger partial charge in [0.2, 0.25) is 10.0 Å². The van der Waals surface area contributed by atoms with Crippen LogP contribution in [0.3, 0.4) is 0 Å². The lowest BCUT2D eigenvalue weighted by Gasteiger charge is -2.44. The van der Waals surface area contributed by atoms with Crippen molar-refractivity contribution in [2.45, 2.75) is 67.9 Å². The highest BCUT2D eigenvalue weighted by Gasteiger charge is 2.43. The number of piperidine rings is 1. The highest BCUT2D eigenvalue weighted by atomic mass is 32.2. The maximum absolute atomic E-state index is 14.2. The predicted molar refractivity (Wildman–Crippen MR) is 186 cm³/mol. The summed E-state index contributed by atoms with van der Waals surface area (Å²) in [5.74, 6) is 1.68. The number of ether oxygens (including phenoxy) is 4. The van der Waals surface area contributed by atoms with Crippen molar-refractivity contribution in [1.82, 2.24) is 4.31 Å². The number of thioether (sulfide) groups is 1. The molecule has 0 unspecified atom stereocenters. The molecule has 8 nitrogen and oxygen atoms in total. The molecular formula is C36H48N2O6S2. The van der Waals surface area contributed by atoms with Crippen LogP contribution in [0.2, 0.25) is 0 Å². The molecule has 3 aromatic rings. The average Bonchev–Trinajstić information content (AvgIpc) is 3.07. The summed E-state index contributed by atoms with van der Waals surface area (Å²) >= 11 is 1.77. The second-order valence-electron chi connectivity index (χ2n) is 12.3. The van der Waals surface area contributed by atoms with Gasteiger partial charge in [0.15, 0.2) is 0 Å². The van der Waals surface area contributed by atoms with Gasteiger partial charge in [0.05, 0.1) is 36.9 Å². The van der Waals surface area contributed by atoms with E-state index in [1.165, 1.54) is 0 Å². The van der Waals surface area contributed by atoms with Crippen LogP contribution in [0.25, 0.3) is 0 Å². The van der Waals surface area contributed by atoms with E-state index in [1.807, 2.05) is 43.3 Å². The number of rotatable bonds is 14. The van der Waals surface area contributed by atoms with Crippen molar-refractivity contribution < 1.29 is 27.4 Å². The normalized spacial score (nSPS) is 21.0. The molecule has 0 radical (unpaired) electrons. The number of aryl methyl sites for hydroxylation is 1. The Kier molecular flexibility index (Phi) is 11.9. The first-order valence-electron chi connectivity index (χ1n) is 16.1. The molecule has 5 rings (SSSR count). The van der Waals surface area contributed by atoms with Gasteiger partial charge in [-0.05, 0) is 80.0 Å². The first-order chi connectivity index (χ1) is 22.2. The fraction of sp³-hybridized carbons (Fsp3) is 0.500. The summed E-state index contributed by atoms with van der Waals surface area (Å²) in [6.07, 6.45) is 4.10. The molecule has 2 heterocycles. The smallest absolute Gasteiger partial charge is 0.243 e. The van der Waals surface area contributed by atoms with Gasteiger partial charge in [0.25, 0.3) is 0 Å². The zero-order valence-electron chi connectivity index (χ0n) is 27.7. The van der Waals surface area contributed by atoms with Gasteiger partial charge in [-0.1, -0.05) is 42.8 Å². The number of fused-ring (bicyclic) bond motifs is 1. The van der Waals surface area contributed by atoms with Crippen molar-refractivity contribution in [3.05, 3.63) is 83.4 Å². The zero-order chi connectivity index (χ0) is 32.7. The Labute approximate surface area is 279 Å². The number of anilines is 1. The van der Waals surface area contributed by atoms with E-state index < -0.39 is 10.0 Å². The van der Waals surface area contributed by atoms with Gasteiger partial charge in [-0.15, -0.1) is 0 Å². The molecule has 2 aliphatic heterocycles. The third-order valence-electron chi connectivity index (χ3n) is 9.14. The molecule has 0 saturated carbocycles. The number of sulfonamides is 1. The van der Waals surface area contributed by atoms with Gasteiger partial charge in [-0.2, -0.15) is 16.1 Å². The summed E-state index contributed by atoms with van der Waals surface area (Å²) in [6, 6.07) is 21.4. The predicted octanol–water partition coefficient (Wildman–Crippen LogP) is 6.51. The van der Waals surface area contributed by atoms with Crippen LogP contribution >= 0.6 is 11.8 Å². The lowest BCUT2D eigenvalue weighted by molar-refractivity contribution is -0.0207. The lowest BCUT2D eigenvalue weighted by atomic mass is 9.83. The standard InChI is InChI=1S/C36H48N2O6S2/c1-26-7-14-32(15-8-26)46(39,40)38-24-36(33(23-30(38)21-27(2)45-5)29-10-12-31(42-4)13-11-29)44-25-28-9-16-35-34(22-28)37(18-20-43-35)17-6-19-41-3/h7-16,22,27,30,33,36H,6,17-21,23-25H2,1-5H3/t27-,30+,33-,36+/m1/s1. The van der Waals surface area contributed by atoms with Crippen LogP contribution in [-0.2, 0) is 26.1 Å². The van der Waals surface area contributed by atoms with Crippen molar-refractivity contribution >= 4 is 27.5 Å². The van der Waals surface area contributed by atoms with Crippen molar-refractivity contribution in [2.24, 2.45) is 0 Å². The van der Waals surface area contributed by atoms with Gasteiger partial charge in [-0.25, -0.2) is 8.42 Å². The molecule has 4 atom stereocenters. The summed E-state index contributed by atoms with van der Waals surface area (Å²) in [5, 5.41) is 0.305. The number of nitrogens with zero attached hydrogens (tertiary/aromatic N) is 2. The van der Waals surface area contributed by atoms with E-state index in [1.54, 1.807) is 42.4 Å². The molecule has 0 bridgehead atoms. The first kappa shape index (κ1) is 34.6. The summed E-state index contributed by atoms with van der Waals surface area (Å²) in [6.45, 7) is 7.85. The van der Waals surface area contributed by atoms with E-state index in [0.717, 1.165) is 59.8 Å². The molecular weight excluding hydrogens is 621 g/mol. The van der Waals surface area contributed by atoms with Gasteiger partial charge in [-0.3, -0.25) is 0 Å². The molecule has 0 aromatic heterocycles. The summed E-state index contributed by atoms with van der Waals surface area (Å²) in [4.78, 5) is 2.67. The van der Waals surface area contributed by atoms with E-state index in [-0.39, 0.29) is 24.6 Å². The molecule has 250 valence electrons. The summed E-state index contributed by atoms with van der Waals surface area (Å²) in [5.41, 5.74) is 4.25. The largest absolute Gasteiger partial charge is 0.497 e. The zero-order valence-corrected chi connectivity index (χ0v) is 29.3. The quantitative estimate of drug-likeness (QED) is 0.180. The van der Waals surface area contributed by atoms with Gasteiger partial charge in [0.1, 0.15) is 18.1 Å². The second kappa shape index (κ2) is 15.9. The maximum Gasteiger partial charge on any atom is 0.243 e. The number of benzene rings is 3. The Morgan fingerprint density at radius 2 is 1.80 bits per heavy atom. The maximum atomic E-state index is 14.2. The Morgan fingerprint density at radius 3 is 2.50 bits per heavy atom. The molecule has 1 fully saturated rings. The Bertz CT molecular complexity index is 1520. The Hall–Kier alpha value is -2.76. The molecule has 1 saturated heterocycles. The van der Waals surface area contributed by atoms with Crippen molar-refractivity contribution in [3.63, 3.8) is 0 Å². The molecule has 46 heavy (non-hydrogen) atoms. The monoisotopic (exact) mass is 668 g/mol. The number of hydrogen-bond donors (Lipinski definition) is 0. The van der Waals surface area contributed by atoms with Crippen LogP contribution in [0.15, 0.2) is 71.6 Å². The molecule has 10 heteroatoms. The van der Waals surface area contributed by atoms with E-state index in [9.17, 15) is 8.42 Å². The number of methoxy groups -OCH3 is 2. The van der Waals surface area contributed by atoms with Crippen LogP contribution < -0.4 is 14.4 Å². The SMILES string of the molecule is COCCCN1CCOc2ccc(CO[C@H]3CN(S(=O)(=O)c4ccc(C)cc4)[C@@H](C[C@@H](C)SC)C[C@@H]3c3ccc(OC)cc3)cc21. The van der Waals surface area contributed by atoms with Crippen LogP contribution in [0.1, 0.15) is 48.8 Å². The highest BCUT2D eigenvalue weighted by Crippen LogP contribution is 2.40. The molecule has 3 aromatic carbocycles. The fourth-order valence-corrected chi connectivity index (χ4v) is 8.54. The third kappa shape index (κ3) is 8.20. The topological polar surface area (TPSA) is 77.5 Å². The highest BCUT2D eigenvalue weighted by molar-refractivity contribution is 7.99. The minimum atomic E-state index is -3.75. The second-order valence-corrected chi connectivity index (χ2v) is 15.4. The minimum absolute atomic E-state index is 0.0148. The van der Waals surface area contributed by atoms with E-state index in [4.69, 9.17) is 18.9 Å². The lowest BCUT2D eigenvalue weighted by Crippen LogP contribution is -2.52. The van der Waals surface area contributed by atoms with E-state index in [2.05, 4.69) is 36.3 Å². The van der Waals surface area contributed by atoms with Crippen LogP contribution in [0, 0.1) is 6.92 Å². The van der Waals surface area contributed by atoms with Crippen LogP contribution in [0.4, 0.5) is 5.69 Å². The molecule has 0 spiro atoms. The first-order valence-corrected chi connectivity index (χ1v) is 18.8. The van der Waals surface area contributed by atoms with Gasteiger partial charge in [0, 0.05) is 44.0 Å². The van der Waals surface area contributed by atoms with E-state index >= 15 is 0 Å². The molecule has 0 amide bonds. The Balaban J connectivity index is 1.45. The number of hydrogen-bond acceptors (Lipinski definition) is 8. The van der Waals surface area contributed by atoms with E-state index in [0.29, 0.717) is 36.4 Å². The third-order valence-corrected chi connectivity index (χ3v) is 12.1. The van der Waals surface area contributed by atoms with Gasteiger partial charge >= 0.3 is 0 Å². The Morgan fingerprint density at radius 1 is 1.04 bits per heavy atom. The van der Waals surface area contributed by atoms with Crippen LogP contribution in [-0.4, -0.2) is 83.4 Å². The summed E-state index contributed by atoms with van der Waals surface area (Å²) in [7, 11) is -0.362. The molecule has 2 aliphatic rings. The minimum Gasteiger partial charge on any atom is -0.497 e. The van der Waals surface area contributed by atoms with Crippen LogP contribution in [0.5, 0.6) is 11.5 Å². The van der Waals surface area contributed by atoms with Crippen molar-refractivity contribution in [3.8, 4) is 11.5 Å². The van der Waals surface area contributed by atoms with Crippen molar-refractivity contribution in [2.75, 3.05) is 58.2 Å².